The number of benzene rings is 2. The van der Waals surface area contributed by atoms with Crippen molar-refractivity contribution in [1.82, 2.24) is 10.2 Å². The van der Waals surface area contributed by atoms with Crippen LogP contribution >= 0.6 is 0 Å². The number of aryl methyl sites for hydroxylation is 1. The third kappa shape index (κ3) is 3.87. The molecule has 0 aromatic heterocycles. The Bertz CT molecular complexity index is 970. The highest BCUT2D eigenvalue weighted by atomic mass is 16.5. The van der Waals surface area contributed by atoms with Crippen LogP contribution in [-0.2, 0) is 16.8 Å². The van der Waals surface area contributed by atoms with E-state index in [1.807, 2.05) is 24.3 Å². The van der Waals surface area contributed by atoms with Crippen molar-refractivity contribution in [3.8, 4) is 11.5 Å². The van der Waals surface area contributed by atoms with Gasteiger partial charge in [-0.05, 0) is 36.6 Å². The number of amides is 3. The van der Waals surface area contributed by atoms with E-state index in [0.717, 1.165) is 17.7 Å². The number of methoxy groups -OCH3 is 2. The standard InChI is InChI=1S/C23H26N2O5/c1-5-6-15-7-9-16(10-8-15)23(2)21(27)25(22(28)24-23)14-19(26)18-12-11-17(29-3)13-20(18)30-4/h7-13H,5-6,14H2,1-4H3,(H,24,28)/t23-/m1/s1. The minimum absolute atomic E-state index is 0.274. The molecular weight excluding hydrogens is 384 g/mol. The molecule has 1 saturated heterocycles. The molecule has 1 heterocycles. The van der Waals surface area contributed by atoms with E-state index in [-0.39, 0.29) is 12.1 Å². The third-order valence-electron chi connectivity index (χ3n) is 5.36. The summed E-state index contributed by atoms with van der Waals surface area (Å²) in [6.45, 7) is 3.38. The van der Waals surface area contributed by atoms with Crippen molar-refractivity contribution in [1.29, 1.82) is 0 Å². The van der Waals surface area contributed by atoms with E-state index in [9.17, 15) is 14.4 Å². The van der Waals surface area contributed by atoms with Crippen LogP contribution in [0.1, 0.15) is 41.8 Å². The van der Waals surface area contributed by atoms with E-state index in [1.165, 1.54) is 19.8 Å². The Balaban J connectivity index is 1.82. The van der Waals surface area contributed by atoms with Crippen molar-refractivity contribution in [2.75, 3.05) is 20.8 Å². The lowest BCUT2D eigenvalue weighted by atomic mass is 9.91. The largest absolute Gasteiger partial charge is 0.497 e. The highest BCUT2D eigenvalue weighted by Gasteiger charge is 2.49. The molecular formula is C23H26N2O5. The van der Waals surface area contributed by atoms with Crippen molar-refractivity contribution in [2.45, 2.75) is 32.2 Å². The Labute approximate surface area is 176 Å². The minimum atomic E-state index is -1.22. The molecule has 0 spiro atoms. The Morgan fingerprint density at radius 1 is 1.07 bits per heavy atom. The lowest BCUT2D eigenvalue weighted by Gasteiger charge is -2.22. The van der Waals surface area contributed by atoms with Crippen LogP contribution in [0.25, 0.3) is 0 Å². The molecule has 3 amide bonds. The predicted octanol–water partition coefficient (Wildman–Crippen LogP) is 3.31. The molecule has 2 aromatic rings. The number of ether oxygens (including phenoxy) is 2. The van der Waals surface area contributed by atoms with Crippen LogP contribution in [0.3, 0.4) is 0 Å². The summed E-state index contributed by atoms with van der Waals surface area (Å²) in [6, 6.07) is 11.8. The molecule has 7 nitrogen and oxygen atoms in total. The number of urea groups is 1. The van der Waals surface area contributed by atoms with Crippen molar-refractivity contribution < 1.29 is 23.9 Å². The topological polar surface area (TPSA) is 84.9 Å². The second-order valence-corrected chi connectivity index (χ2v) is 7.38. The molecule has 3 rings (SSSR count). The van der Waals surface area contributed by atoms with Crippen LogP contribution in [0.15, 0.2) is 42.5 Å². The van der Waals surface area contributed by atoms with Gasteiger partial charge in [0.1, 0.15) is 17.0 Å². The number of nitrogens with one attached hydrogen (secondary N) is 1. The highest BCUT2D eigenvalue weighted by Crippen LogP contribution is 2.30. The maximum Gasteiger partial charge on any atom is 0.325 e. The van der Waals surface area contributed by atoms with Crippen LogP contribution in [0.4, 0.5) is 4.79 Å². The second-order valence-electron chi connectivity index (χ2n) is 7.38. The zero-order chi connectivity index (χ0) is 21.9. The molecule has 1 N–H and O–H groups in total. The molecule has 0 bridgehead atoms. The summed E-state index contributed by atoms with van der Waals surface area (Å²) in [5.74, 6) is -0.00437. The van der Waals surface area contributed by atoms with Crippen molar-refractivity contribution in [3.63, 3.8) is 0 Å². The number of hydrogen-bond acceptors (Lipinski definition) is 5. The lowest BCUT2D eigenvalue weighted by molar-refractivity contribution is -0.130. The summed E-state index contributed by atoms with van der Waals surface area (Å²) in [5.41, 5.74) is 0.904. The first-order chi connectivity index (χ1) is 14.3. The first-order valence-electron chi connectivity index (χ1n) is 9.82. The molecule has 1 aliphatic heterocycles. The van der Waals surface area contributed by atoms with E-state index in [4.69, 9.17) is 9.47 Å². The van der Waals surface area contributed by atoms with E-state index in [2.05, 4.69) is 12.2 Å². The van der Waals surface area contributed by atoms with Gasteiger partial charge in [0.05, 0.1) is 26.3 Å². The monoisotopic (exact) mass is 410 g/mol. The third-order valence-corrected chi connectivity index (χ3v) is 5.36. The average Bonchev–Trinajstić information content (AvgIpc) is 2.97. The normalized spacial score (nSPS) is 18.3. The first-order valence-corrected chi connectivity index (χ1v) is 9.82. The molecule has 1 aliphatic rings. The van der Waals surface area contributed by atoms with E-state index in [0.29, 0.717) is 17.1 Å². The highest BCUT2D eigenvalue weighted by molar-refractivity contribution is 6.11. The van der Waals surface area contributed by atoms with Gasteiger partial charge in [-0.15, -0.1) is 0 Å². The fraction of sp³-hybridized carbons (Fsp3) is 0.348. The minimum Gasteiger partial charge on any atom is -0.497 e. The molecule has 0 saturated carbocycles. The summed E-state index contributed by atoms with van der Waals surface area (Å²) < 4.78 is 10.4. The van der Waals surface area contributed by atoms with Crippen molar-refractivity contribution in [2.24, 2.45) is 0 Å². The molecule has 1 atom stereocenters. The van der Waals surface area contributed by atoms with Gasteiger partial charge in [-0.2, -0.15) is 0 Å². The fourth-order valence-corrected chi connectivity index (χ4v) is 3.59. The summed E-state index contributed by atoms with van der Waals surface area (Å²) in [7, 11) is 2.96. The van der Waals surface area contributed by atoms with Gasteiger partial charge in [0, 0.05) is 6.07 Å². The van der Waals surface area contributed by atoms with E-state index >= 15 is 0 Å². The van der Waals surface area contributed by atoms with Crippen molar-refractivity contribution in [3.05, 3.63) is 59.2 Å². The molecule has 0 aliphatic carbocycles. The number of nitrogens with zero attached hydrogens (tertiary/aromatic N) is 1. The molecule has 0 unspecified atom stereocenters. The van der Waals surface area contributed by atoms with Gasteiger partial charge < -0.3 is 14.8 Å². The number of carbonyl (C=O) groups is 3. The SMILES string of the molecule is CCCc1ccc([C@@]2(C)NC(=O)N(CC(=O)c3ccc(OC)cc3OC)C2=O)cc1. The number of hydrogen-bond donors (Lipinski definition) is 1. The Morgan fingerprint density at radius 2 is 1.77 bits per heavy atom. The summed E-state index contributed by atoms with van der Waals surface area (Å²) in [6.07, 6.45) is 1.97. The Kier molecular flexibility index (Phi) is 6.10. The fourth-order valence-electron chi connectivity index (χ4n) is 3.59. The number of rotatable bonds is 8. The van der Waals surface area contributed by atoms with Crippen LogP contribution in [0.2, 0.25) is 0 Å². The van der Waals surface area contributed by atoms with Gasteiger partial charge in [0.15, 0.2) is 5.78 Å². The van der Waals surface area contributed by atoms with Gasteiger partial charge in [-0.1, -0.05) is 37.6 Å². The summed E-state index contributed by atoms with van der Waals surface area (Å²) in [5, 5.41) is 2.74. The number of carbonyl (C=O) groups excluding carboxylic acids is 3. The Morgan fingerprint density at radius 3 is 2.37 bits per heavy atom. The van der Waals surface area contributed by atoms with E-state index in [1.54, 1.807) is 25.1 Å². The molecule has 0 radical (unpaired) electrons. The quantitative estimate of drug-likeness (QED) is 0.533. The molecule has 158 valence electrons. The average molecular weight is 410 g/mol. The number of Topliss-reactive ketones (excluding diaryl/α,β-unsaturated/α-hetero) is 1. The molecule has 2 aromatic carbocycles. The van der Waals surface area contributed by atoms with Gasteiger partial charge in [-0.3, -0.25) is 14.5 Å². The lowest BCUT2D eigenvalue weighted by Crippen LogP contribution is -2.41. The summed E-state index contributed by atoms with van der Waals surface area (Å²) >= 11 is 0. The van der Waals surface area contributed by atoms with Crippen LogP contribution < -0.4 is 14.8 Å². The molecule has 1 fully saturated rings. The zero-order valence-corrected chi connectivity index (χ0v) is 17.7. The maximum atomic E-state index is 13.1. The maximum absolute atomic E-state index is 13.1. The van der Waals surface area contributed by atoms with Crippen molar-refractivity contribution >= 4 is 17.7 Å². The number of ketones is 1. The predicted molar refractivity (Wildman–Crippen MR) is 112 cm³/mol. The van der Waals surface area contributed by atoms with Gasteiger partial charge in [-0.25, -0.2) is 4.79 Å². The van der Waals surface area contributed by atoms with Crippen LogP contribution in [-0.4, -0.2) is 43.4 Å². The second kappa shape index (κ2) is 8.57. The smallest absolute Gasteiger partial charge is 0.325 e. The first kappa shape index (κ1) is 21.4. The molecule has 7 heteroatoms. The van der Waals surface area contributed by atoms with Gasteiger partial charge in [0.2, 0.25) is 0 Å². The van der Waals surface area contributed by atoms with Gasteiger partial charge in [0.25, 0.3) is 5.91 Å². The van der Waals surface area contributed by atoms with Crippen LogP contribution in [0, 0.1) is 0 Å². The van der Waals surface area contributed by atoms with E-state index < -0.39 is 23.3 Å². The zero-order valence-electron chi connectivity index (χ0n) is 17.7. The number of imide groups is 1. The Hall–Kier alpha value is -3.35. The summed E-state index contributed by atoms with van der Waals surface area (Å²) in [4.78, 5) is 39.5. The molecule has 30 heavy (non-hydrogen) atoms. The van der Waals surface area contributed by atoms with Gasteiger partial charge >= 0.3 is 6.03 Å². The van der Waals surface area contributed by atoms with Crippen LogP contribution in [0.5, 0.6) is 11.5 Å².